The number of piperidine rings is 2. The lowest BCUT2D eigenvalue weighted by Gasteiger charge is -2.38. The highest BCUT2D eigenvalue weighted by Crippen LogP contribution is 2.65. The highest BCUT2D eigenvalue weighted by Gasteiger charge is 2.69. The van der Waals surface area contributed by atoms with Crippen molar-refractivity contribution in [3.63, 3.8) is 0 Å². The van der Waals surface area contributed by atoms with E-state index in [1.165, 1.54) is 4.90 Å². The number of hydrogen-bond acceptors (Lipinski definition) is 7. The number of carbonyl (C=O) groups is 7. The first-order valence-corrected chi connectivity index (χ1v) is 20.0. The van der Waals surface area contributed by atoms with Crippen LogP contribution in [-0.2, 0) is 28.8 Å². The predicted octanol–water partition coefficient (Wildman–Crippen LogP) is 3.19. The molecule has 13 heteroatoms. The number of urea groups is 1. The van der Waals surface area contributed by atoms with E-state index in [1.807, 2.05) is 20.8 Å². The van der Waals surface area contributed by atoms with E-state index in [1.54, 1.807) is 4.90 Å². The number of Topliss-reactive ketones (excluding diaryl/α,β-unsaturated/α-hetero) is 1. The number of carbonyl (C=O) groups excluding carboxylic acids is 7. The van der Waals surface area contributed by atoms with Gasteiger partial charge in [0.2, 0.25) is 29.4 Å². The summed E-state index contributed by atoms with van der Waals surface area (Å²) in [4.78, 5) is 97.8. The van der Waals surface area contributed by atoms with Crippen molar-refractivity contribution in [1.82, 2.24) is 31.1 Å². The third-order valence-corrected chi connectivity index (χ3v) is 13.0. The van der Waals surface area contributed by atoms with Crippen molar-refractivity contribution in [1.29, 1.82) is 0 Å². The number of likely N-dealkylation sites (tertiary alicyclic amines) is 1. The van der Waals surface area contributed by atoms with E-state index in [-0.39, 0.29) is 59.4 Å². The summed E-state index contributed by atoms with van der Waals surface area (Å²) in [6.45, 7) is 10.4. The molecule has 7 amide bonds. The lowest BCUT2D eigenvalue weighted by atomic mass is 9.85. The molecule has 0 aromatic heterocycles. The standard InChI is InChI=1S/C39H60N6O7/c1-38(2,3)28(21-45-34(49)22-15-16-23(19-22)35(45)50)43-37(52)42-27-14-12-10-8-6-7-9-11-13-26(31(46)33(48)40-24-17-18-24)41-32(47)30-29-25(39(29,4)5)20-44(30)36(27)51/h22-30H,6-21H2,1-5H3,(H,40,48)(H,41,47)(H2,42,43,52)/t22?,23?,25-,26+,27+,28+,29-,30-/m0/s1. The zero-order valence-electron chi connectivity index (χ0n) is 31.8. The Morgan fingerprint density at radius 1 is 0.808 bits per heavy atom. The Kier molecular flexibility index (Phi) is 11.1. The van der Waals surface area contributed by atoms with E-state index in [4.69, 9.17) is 0 Å². The molecule has 3 aliphatic carbocycles. The molecule has 288 valence electrons. The second-order valence-electron chi connectivity index (χ2n) is 18.2. The predicted molar refractivity (Wildman–Crippen MR) is 192 cm³/mol. The average molecular weight is 725 g/mol. The van der Waals surface area contributed by atoms with Crippen molar-refractivity contribution in [3.8, 4) is 0 Å². The maximum atomic E-state index is 14.5. The second-order valence-corrected chi connectivity index (χ2v) is 18.2. The summed E-state index contributed by atoms with van der Waals surface area (Å²) in [6.07, 6.45) is 10.6. The molecule has 3 aliphatic heterocycles. The lowest BCUT2D eigenvalue weighted by Crippen LogP contribution is -2.61. The lowest BCUT2D eigenvalue weighted by molar-refractivity contribution is -0.153. The monoisotopic (exact) mass is 724 g/mol. The molecule has 6 fully saturated rings. The molecule has 3 saturated heterocycles. The number of nitrogens with one attached hydrogen (secondary N) is 4. The minimum absolute atomic E-state index is 0.0134. The van der Waals surface area contributed by atoms with Crippen molar-refractivity contribution < 1.29 is 33.6 Å². The third-order valence-electron chi connectivity index (χ3n) is 13.0. The SMILES string of the molecule is CC(C)(C)[C@@H](CN1C(=O)C2CCC(C2)C1=O)NC(=O)N[C@@H]1CCCCCCCCC[C@H](C(=O)C(=O)NC2CC2)NC(=O)[C@@H]2[C@@H]3[C@H](CN2C1=O)C3(C)C. The van der Waals surface area contributed by atoms with Crippen LogP contribution in [0.2, 0.25) is 0 Å². The first-order chi connectivity index (χ1) is 24.6. The van der Waals surface area contributed by atoms with E-state index < -0.39 is 53.2 Å². The fourth-order valence-electron chi connectivity index (χ4n) is 9.26. The highest BCUT2D eigenvalue weighted by atomic mass is 16.2. The van der Waals surface area contributed by atoms with Crippen LogP contribution in [0.3, 0.4) is 0 Å². The fourth-order valence-corrected chi connectivity index (χ4v) is 9.26. The summed E-state index contributed by atoms with van der Waals surface area (Å²) >= 11 is 0. The quantitative estimate of drug-likeness (QED) is 0.231. The molecule has 3 saturated carbocycles. The maximum absolute atomic E-state index is 14.5. The van der Waals surface area contributed by atoms with Crippen molar-refractivity contribution in [2.45, 2.75) is 155 Å². The van der Waals surface area contributed by atoms with Gasteiger partial charge in [-0.3, -0.25) is 33.7 Å². The maximum Gasteiger partial charge on any atom is 0.315 e. The van der Waals surface area contributed by atoms with Gasteiger partial charge >= 0.3 is 6.03 Å². The number of hydrogen-bond donors (Lipinski definition) is 4. The van der Waals surface area contributed by atoms with Gasteiger partial charge in [0.25, 0.3) is 5.91 Å². The largest absolute Gasteiger partial charge is 0.347 e. The molecule has 2 unspecified atom stereocenters. The number of amides is 7. The van der Waals surface area contributed by atoms with Crippen LogP contribution < -0.4 is 21.3 Å². The topological polar surface area (TPSA) is 174 Å². The van der Waals surface area contributed by atoms with Gasteiger partial charge in [-0.05, 0) is 67.6 Å². The van der Waals surface area contributed by atoms with Crippen molar-refractivity contribution in [2.24, 2.45) is 34.5 Å². The highest BCUT2D eigenvalue weighted by molar-refractivity contribution is 6.38. The first-order valence-electron chi connectivity index (χ1n) is 20.0. The molecule has 6 rings (SSSR count). The van der Waals surface area contributed by atoms with Crippen LogP contribution in [0.4, 0.5) is 4.79 Å². The Morgan fingerprint density at radius 3 is 2.00 bits per heavy atom. The summed E-state index contributed by atoms with van der Waals surface area (Å²) in [5, 5.41) is 11.6. The summed E-state index contributed by atoms with van der Waals surface area (Å²) < 4.78 is 0. The molecule has 0 aromatic carbocycles. The summed E-state index contributed by atoms with van der Waals surface area (Å²) in [7, 11) is 0. The van der Waals surface area contributed by atoms with Crippen molar-refractivity contribution in [3.05, 3.63) is 0 Å². The Balaban J connectivity index is 1.19. The summed E-state index contributed by atoms with van der Waals surface area (Å²) in [5.41, 5.74) is -0.682. The zero-order valence-corrected chi connectivity index (χ0v) is 31.8. The minimum Gasteiger partial charge on any atom is -0.347 e. The van der Waals surface area contributed by atoms with Crippen LogP contribution in [-0.4, -0.2) is 94.4 Å². The molecule has 4 N–H and O–H groups in total. The van der Waals surface area contributed by atoms with Gasteiger partial charge in [0.05, 0.1) is 12.1 Å². The van der Waals surface area contributed by atoms with E-state index in [0.717, 1.165) is 44.9 Å². The Morgan fingerprint density at radius 2 is 1.40 bits per heavy atom. The molecule has 0 aromatic rings. The first kappa shape index (κ1) is 38.2. The van der Waals surface area contributed by atoms with Crippen LogP contribution >= 0.6 is 0 Å². The van der Waals surface area contributed by atoms with E-state index in [9.17, 15) is 33.6 Å². The number of imide groups is 1. The normalized spacial score (nSPS) is 33.1. The molecular formula is C39H60N6O7. The summed E-state index contributed by atoms with van der Waals surface area (Å²) in [5.74, 6) is -2.75. The smallest absolute Gasteiger partial charge is 0.315 e. The molecule has 2 bridgehead atoms. The van der Waals surface area contributed by atoms with Crippen LogP contribution in [0.15, 0.2) is 0 Å². The molecule has 0 radical (unpaired) electrons. The molecule has 13 nitrogen and oxygen atoms in total. The van der Waals surface area contributed by atoms with Gasteiger partial charge in [-0.15, -0.1) is 0 Å². The molecule has 6 aliphatic rings. The van der Waals surface area contributed by atoms with Gasteiger partial charge in [-0.2, -0.15) is 0 Å². The molecule has 3 heterocycles. The average Bonchev–Trinajstić information content (AvgIpc) is 3.82. The van der Waals surface area contributed by atoms with Crippen molar-refractivity contribution >= 4 is 41.4 Å². The molecular weight excluding hydrogens is 664 g/mol. The van der Waals surface area contributed by atoms with Gasteiger partial charge in [0.1, 0.15) is 12.1 Å². The second kappa shape index (κ2) is 15.1. The molecule has 52 heavy (non-hydrogen) atoms. The zero-order chi connectivity index (χ0) is 37.5. The number of fused-ring (bicyclic) bond motifs is 5. The van der Waals surface area contributed by atoms with Crippen molar-refractivity contribution in [2.75, 3.05) is 13.1 Å². The Bertz CT molecular complexity index is 1430. The van der Waals surface area contributed by atoms with Crippen LogP contribution in [0.1, 0.15) is 125 Å². The van der Waals surface area contributed by atoms with E-state index in [0.29, 0.717) is 51.5 Å². The van der Waals surface area contributed by atoms with Gasteiger partial charge in [-0.25, -0.2) is 4.79 Å². The Labute approximate surface area is 307 Å². The molecule has 0 spiro atoms. The fraction of sp³-hybridized carbons (Fsp3) is 0.821. The van der Waals surface area contributed by atoms with E-state index >= 15 is 0 Å². The van der Waals surface area contributed by atoms with Crippen LogP contribution in [0.5, 0.6) is 0 Å². The van der Waals surface area contributed by atoms with Gasteiger partial charge in [-0.1, -0.05) is 79.6 Å². The van der Waals surface area contributed by atoms with Gasteiger partial charge in [0.15, 0.2) is 0 Å². The summed E-state index contributed by atoms with van der Waals surface area (Å²) in [6, 6.07) is -3.82. The minimum atomic E-state index is -0.972. The Hall–Kier alpha value is -3.51. The number of rotatable bonds is 7. The third kappa shape index (κ3) is 8.17. The van der Waals surface area contributed by atoms with Crippen LogP contribution in [0, 0.1) is 34.5 Å². The number of nitrogens with zero attached hydrogens (tertiary/aromatic N) is 2. The number of ketones is 1. The molecule has 8 atom stereocenters. The van der Waals surface area contributed by atoms with Gasteiger partial charge in [0, 0.05) is 31.0 Å². The van der Waals surface area contributed by atoms with Gasteiger partial charge < -0.3 is 26.2 Å². The van der Waals surface area contributed by atoms with Crippen LogP contribution in [0.25, 0.3) is 0 Å². The van der Waals surface area contributed by atoms with E-state index in [2.05, 4.69) is 35.1 Å².